The molecule has 29 heavy (non-hydrogen) atoms. The van der Waals surface area contributed by atoms with Crippen molar-refractivity contribution in [2.24, 2.45) is 11.8 Å². The van der Waals surface area contributed by atoms with Crippen LogP contribution in [-0.2, 0) is 20.8 Å². The van der Waals surface area contributed by atoms with Crippen molar-refractivity contribution in [1.29, 1.82) is 0 Å². The molecule has 0 fully saturated rings. The zero-order chi connectivity index (χ0) is 20.8. The molecule has 2 aromatic rings. The fourth-order valence-electron chi connectivity index (χ4n) is 3.46. The number of aliphatic carboxylic acids is 1. The molecule has 0 unspecified atom stereocenters. The van der Waals surface area contributed by atoms with Crippen LogP contribution < -0.4 is 15.7 Å². The van der Waals surface area contributed by atoms with Crippen LogP contribution in [-0.4, -0.2) is 17.8 Å². The smallest absolute Gasteiger partial charge is 0.228 e. The van der Waals surface area contributed by atoms with E-state index in [-0.39, 0.29) is 18.2 Å². The lowest BCUT2D eigenvalue weighted by Crippen LogP contribution is -2.41. The summed E-state index contributed by atoms with van der Waals surface area (Å²) in [5.74, 6) is -3.15. The van der Waals surface area contributed by atoms with Gasteiger partial charge in [0.1, 0.15) is 0 Å². The van der Waals surface area contributed by atoms with Gasteiger partial charge in [-0.05, 0) is 49.1 Å². The van der Waals surface area contributed by atoms with Gasteiger partial charge in [0, 0.05) is 23.3 Å². The van der Waals surface area contributed by atoms with Crippen molar-refractivity contribution < 1.29 is 19.5 Å². The second-order valence-corrected chi connectivity index (χ2v) is 7.20. The normalized spacial score (nSPS) is 18.1. The highest BCUT2D eigenvalue weighted by molar-refractivity contribution is 5.96. The number of benzene rings is 2. The van der Waals surface area contributed by atoms with Crippen molar-refractivity contribution in [1.82, 2.24) is 0 Å². The van der Waals surface area contributed by atoms with Gasteiger partial charge in [0.05, 0.1) is 12.3 Å². The summed E-state index contributed by atoms with van der Waals surface area (Å²) in [6.45, 7) is 1.83. The molecule has 0 aliphatic heterocycles. The van der Waals surface area contributed by atoms with Gasteiger partial charge >= 0.3 is 0 Å². The summed E-state index contributed by atoms with van der Waals surface area (Å²) in [5.41, 5.74) is 2.94. The minimum Gasteiger partial charge on any atom is -0.550 e. The minimum absolute atomic E-state index is 0.123. The number of nitrogens with one attached hydrogen (secondary N) is 2. The van der Waals surface area contributed by atoms with Gasteiger partial charge < -0.3 is 20.5 Å². The van der Waals surface area contributed by atoms with E-state index >= 15 is 0 Å². The van der Waals surface area contributed by atoms with E-state index in [2.05, 4.69) is 10.6 Å². The van der Waals surface area contributed by atoms with Crippen LogP contribution in [0, 0.1) is 18.8 Å². The van der Waals surface area contributed by atoms with E-state index in [1.165, 1.54) is 0 Å². The Kier molecular flexibility index (Phi) is 6.44. The molecule has 0 heterocycles. The molecule has 1 aliphatic carbocycles. The van der Waals surface area contributed by atoms with Gasteiger partial charge in [-0.15, -0.1) is 0 Å². The fourth-order valence-corrected chi connectivity index (χ4v) is 3.46. The van der Waals surface area contributed by atoms with E-state index in [9.17, 15) is 19.5 Å². The topological polar surface area (TPSA) is 98.3 Å². The number of amides is 2. The number of aryl methyl sites for hydroxylation is 1. The Morgan fingerprint density at radius 3 is 2.31 bits per heavy atom. The maximum atomic E-state index is 12.6. The van der Waals surface area contributed by atoms with Crippen LogP contribution in [0.2, 0.25) is 0 Å². The fraction of sp³-hybridized carbons (Fsp3) is 0.261. The quantitative estimate of drug-likeness (QED) is 0.739. The first-order valence-electron chi connectivity index (χ1n) is 9.55. The average Bonchev–Trinajstić information content (AvgIpc) is 2.70. The molecule has 0 radical (unpaired) electrons. The number of carbonyl (C=O) groups excluding carboxylic acids is 3. The number of anilines is 2. The third-order valence-corrected chi connectivity index (χ3v) is 5.05. The van der Waals surface area contributed by atoms with Gasteiger partial charge in [-0.1, -0.05) is 42.5 Å². The van der Waals surface area contributed by atoms with Crippen LogP contribution in [0.25, 0.3) is 0 Å². The van der Waals surface area contributed by atoms with Crippen LogP contribution >= 0.6 is 0 Å². The predicted molar refractivity (Wildman–Crippen MR) is 109 cm³/mol. The molecular formula is C23H23N2O4-. The molecule has 0 spiro atoms. The highest BCUT2D eigenvalue weighted by atomic mass is 16.4. The van der Waals surface area contributed by atoms with Crippen molar-refractivity contribution in [3.63, 3.8) is 0 Å². The number of carboxylic acids is 1. The van der Waals surface area contributed by atoms with E-state index in [1.54, 1.807) is 24.3 Å². The van der Waals surface area contributed by atoms with E-state index in [4.69, 9.17) is 0 Å². The van der Waals surface area contributed by atoms with Gasteiger partial charge in [-0.2, -0.15) is 0 Å². The Hall–Kier alpha value is -3.41. The highest BCUT2D eigenvalue weighted by Gasteiger charge is 2.29. The molecule has 2 aromatic carbocycles. The molecule has 2 atom stereocenters. The number of hydrogen-bond acceptors (Lipinski definition) is 4. The molecular weight excluding hydrogens is 368 g/mol. The molecule has 6 heteroatoms. The average molecular weight is 391 g/mol. The Morgan fingerprint density at radius 1 is 0.966 bits per heavy atom. The van der Waals surface area contributed by atoms with E-state index in [0.717, 1.165) is 11.1 Å². The molecule has 6 nitrogen and oxygen atoms in total. The summed E-state index contributed by atoms with van der Waals surface area (Å²) in [5, 5.41) is 16.9. The van der Waals surface area contributed by atoms with Gasteiger partial charge in [0.25, 0.3) is 0 Å². The molecule has 0 saturated carbocycles. The molecule has 2 amide bonds. The summed E-state index contributed by atoms with van der Waals surface area (Å²) in [6, 6.07) is 14.6. The summed E-state index contributed by atoms with van der Waals surface area (Å²) < 4.78 is 0. The summed E-state index contributed by atoms with van der Waals surface area (Å²) in [6.07, 6.45) is 4.53. The van der Waals surface area contributed by atoms with Crippen molar-refractivity contribution >= 4 is 29.2 Å². The molecule has 0 saturated heterocycles. The zero-order valence-corrected chi connectivity index (χ0v) is 16.2. The number of carboxylic acid groups (broad SMARTS) is 1. The third kappa shape index (κ3) is 5.31. The lowest BCUT2D eigenvalue weighted by molar-refractivity contribution is -0.313. The van der Waals surface area contributed by atoms with Gasteiger partial charge in [-0.25, -0.2) is 0 Å². The first kappa shape index (κ1) is 20.3. The van der Waals surface area contributed by atoms with E-state index in [1.807, 2.05) is 43.3 Å². The molecule has 0 bridgehead atoms. The molecule has 150 valence electrons. The maximum Gasteiger partial charge on any atom is 0.228 e. The third-order valence-electron chi connectivity index (χ3n) is 5.05. The first-order chi connectivity index (χ1) is 13.9. The van der Waals surface area contributed by atoms with E-state index < -0.39 is 17.8 Å². The number of rotatable bonds is 6. The Bertz CT molecular complexity index is 937. The number of carbonyl (C=O) groups is 3. The van der Waals surface area contributed by atoms with Crippen molar-refractivity contribution in [2.75, 3.05) is 10.6 Å². The van der Waals surface area contributed by atoms with Crippen molar-refractivity contribution in [2.45, 2.75) is 26.2 Å². The maximum absolute atomic E-state index is 12.6. The zero-order valence-electron chi connectivity index (χ0n) is 16.2. The predicted octanol–water partition coefficient (Wildman–Crippen LogP) is 2.45. The summed E-state index contributed by atoms with van der Waals surface area (Å²) in [7, 11) is 0. The second kappa shape index (κ2) is 9.19. The minimum atomic E-state index is -1.21. The Morgan fingerprint density at radius 2 is 1.66 bits per heavy atom. The summed E-state index contributed by atoms with van der Waals surface area (Å²) >= 11 is 0. The van der Waals surface area contributed by atoms with Gasteiger partial charge in [-0.3, -0.25) is 9.59 Å². The largest absolute Gasteiger partial charge is 0.550 e. The summed E-state index contributed by atoms with van der Waals surface area (Å²) in [4.78, 5) is 36.1. The molecule has 2 N–H and O–H groups in total. The van der Waals surface area contributed by atoms with Gasteiger partial charge in [0.2, 0.25) is 11.8 Å². The first-order valence-corrected chi connectivity index (χ1v) is 9.55. The van der Waals surface area contributed by atoms with Gasteiger partial charge in [0.15, 0.2) is 0 Å². The number of allylic oxidation sites excluding steroid dienone is 2. The van der Waals surface area contributed by atoms with Crippen LogP contribution in [0.4, 0.5) is 11.4 Å². The highest BCUT2D eigenvalue weighted by Crippen LogP contribution is 2.27. The van der Waals surface area contributed by atoms with Crippen LogP contribution in [0.5, 0.6) is 0 Å². The SMILES string of the molecule is Cc1cc(NC(=O)[C@H]2CC=CC[C@@H]2C(=O)[O-])ccc1NC(=O)Cc1ccccc1. The lowest BCUT2D eigenvalue weighted by atomic mass is 9.82. The van der Waals surface area contributed by atoms with Crippen LogP contribution in [0.3, 0.4) is 0 Å². The monoisotopic (exact) mass is 391 g/mol. The standard InChI is InChI=1S/C23H24N2O4/c1-15-13-17(24-22(27)18-9-5-6-10-19(18)23(28)29)11-12-20(15)25-21(26)14-16-7-3-2-4-8-16/h2-8,11-13,18-19H,9-10,14H2,1H3,(H,24,27)(H,25,26)(H,28,29)/p-1/t18-,19-/m0/s1. The lowest BCUT2D eigenvalue weighted by Gasteiger charge is -2.28. The Balaban J connectivity index is 1.63. The number of hydrogen-bond donors (Lipinski definition) is 2. The second-order valence-electron chi connectivity index (χ2n) is 7.20. The molecule has 0 aromatic heterocycles. The van der Waals surface area contributed by atoms with Crippen molar-refractivity contribution in [3.8, 4) is 0 Å². The van der Waals surface area contributed by atoms with E-state index in [0.29, 0.717) is 24.2 Å². The van der Waals surface area contributed by atoms with Crippen molar-refractivity contribution in [3.05, 3.63) is 71.8 Å². The molecule has 3 rings (SSSR count). The van der Waals surface area contributed by atoms with Crippen LogP contribution in [0.15, 0.2) is 60.7 Å². The molecule has 1 aliphatic rings. The Labute approximate surface area is 169 Å². The van der Waals surface area contributed by atoms with Crippen LogP contribution in [0.1, 0.15) is 24.0 Å².